The lowest BCUT2D eigenvalue weighted by molar-refractivity contribution is -0.137. The molecule has 3 fully saturated rings. The average molecular weight is 196 g/mol. The van der Waals surface area contributed by atoms with Gasteiger partial charge in [0.1, 0.15) is 6.10 Å². The molecule has 0 aromatic carbocycles. The summed E-state index contributed by atoms with van der Waals surface area (Å²) in [4.78, 5) is 12.1. The topological polar surface area (TPSA) is 49.8 Å². The second-order valence-electron chi connectivity index (χ2n) is 5.47. The normalized spacial score (nSPS) is 53.9. The molecule has 0 aromatic heterocycles. The van der Waals surface area contributed by atoms with Gasteiger partial charge in [-0.05, 0) is 24.2 Å². The number of rotatable bonds is 1. The standard InChI is InChI=1S/C11H16O3/c1-10(2)6-3-4-11(10,7-5-14-7)9(13)8(6)12/h6-8,12H,3-5H2,1-2H3/t6-,7+,8-,11+/m0/s1. The van der Waals surface area contributed by atoms with Crippen LogP contribution in [-0.2, 0) is 9.53 Å². The molecule has 0 amide bonds. The minimum absolute atomic E-state index is 0.0428. The number of carbonyl (C=O) groups excluding carboxylic acids is 1. The maximum Gasteiger partial charge on any atom is 0.170 e. The van der Waals surface area contributed by atoms with E-state index in [1.165, 1.54) is 0 Å². The van der Waals surface area contributed by atoms with Crippen LogP contribution in [0.2, 0.25) is 0 Å². The summed E-state index contributed by atoms with van der Waals surface area (Å²) in [6.45, 7) is 4.93. The van der Waals surface area contributed by atoms with Crippen molar-refractivity contribution in [3.05, 3.63) is 0 Å². The second kappa shape index (κ2) is 2.22. The maximum absolute atomic E-state index is 12.1. The summed E-state index contributed by atoms with van der Waals surface area (Å²) in [7, 11) is 0. The van der Waals surface area contributed by atoms with Gasteiger partial charge in [0.05, 0.1) is 18.1 Å². The molecule has 0 unspecified atom stereocenters. The molecule has 2 saturated carbocycles. The third-order valence-corrected chi connectivity index (χ3v) is 4.90. The Balaban J connectivity index is 2.12. The molecule has 0 aromatic rings. The number of ether oxygens (including phenoxy) is 1. The van der Waals surface area contributed by atoms with Crippen LogP contribution in [0, 0.1) is 16.7 Å². The fraction of sp³-hybridized carbons (Fsp3) is 0.909. The molecule has 1 aliphatic heterocycles. The van der Waals surface area contributed by atoms with Gasteiger partial charge in [0.25, 0.3) is 0 Å². The minimum atomic E-state index is -0.733. The van der Waals surface area contributed by atoms with E-state index in [1.807, 2.05) is 0 Å². The van der Waals surface area contributed by atoms with Crippen molar-refractivity contribution in [2.45, 2.75) is 38.9 Å². The molecule has 3 aliphatic rings. The van der Waals surface area contributed by atoms with Crippen molar-refractivity contribution in [1.29, 1.82) is 0 Å². The third kappa shape index (κ3) is 0.684. The number of carbonyl (C=O) groups is 1. The predicted octanol–water partition coefficient (Wildman–Crippen LogP) is 0.751. The summed E-state index contributed by atoms with van der Waals surface area (Å²) >= 11 is 0. The highest BCUT2D eigenvalue weighted by Crippen LogP contribution is 2.67. The monoisotopic (exact) mass is 196 g/mol. The van der Waals surface area contributed by atoms with Crippen molar-refractivity contribution in [1.82, 2.24) is 0 Å². The Morgan fingerprint density at radius 1 is 1.50 bits per heavy atom. The molecule has 0 spiro atoms. The van der Waals surface area contributed by atoms with Gasteiger partial charge < -0.3 is 9.84 Å². The highest BCUT2D eigenvalue weighted by Gasteiger charge is 2.73. The van der Waals surface area contributed by atoms with Gasteiger partial charge in [-0.2, -0.15) is 0 Å². The smallest absolute Gasteiger partial charge is 0.170 e. The van der Waals surface area contributed by atoms with Crippen molar-refractivity contribution < 1.29 is 14.6 Å². The van der Waals surface area contributed by atoms with Gasteiger partial charge in [-0.15, -0.1) is 0 Å². The molecule has 14 heavy (non-hydrogen) atoms. The molecule has 2 bridgehead atoms. The Kier molecular flexibility index (Phi) is 1.41. The fourth-order valence-corrected chi connectivity index (χ4v) is 3.90. The van der Waals surface area contributed by atoms with Gasteiger partial charge in [0.15, 0.2) is 5.78 Å². The Morgan fingerprint density at radius 3 is 2.57 bits per heavy atom. The van der Waals surface area contributed by atoms with E-state index in [2.05, 4.69) is 13.8 Å². The Bertz CT molecular complexity index is 306. The van der Waals surface area contributed by atoms with Gasteiger partial charge in [0.2, 0.25) is 0 Å². The third-order valence-electron chi connectivity index (χ3n) is 4.90. The Morgan fingerprint density at radius 2 is 2.14 bits per heavy atom. The molecule has 78 valence electrons. The first-order valence-electron chi connectivity index (χ1n) is 5.36. The zero-order valence-electron chi connectivity index (χ0n) is 8.62. The molecular weight excluding hydrogens is 180 g/mol. The number of hydrogen-bond acceptors (Lipinski definition) is 3. The van der Waals surface area contributed by atoms with E-state index in [9.17, 15) is 9.90 Å². The summed E-state index contributed by atoms with van der Waals surface area (Å²) in [6.07, 6.45) is 1.24. The molecule has 1 N–H and O–H groups in total. The van der Waals surface area contributed by atoms with Crippen LogP contribution in [0.3, 0.4) is 0 Å². The number of aliphatic hydroxyl groups is 1. The number of epoxide rings is 1. The van der Waals surface area contributed by atoms with E-state index in [0.717, 1.165) is 12.8 Å². The summed E-state index contributed by atoms with van der Waals surface area (Å²) in [5.74, 6) is 0.195. The summed E-state index contributed by atoms with van der Waals surface area (Å²) < 4.78 is 5.34. The van der Waals surface area contributed by atoms with E-state index in [4.69, 9.17) is 4.74 Å². The molecule has 3 nitrogen and oxygen atoms in total. The van der Waals surface area contributed by atoms with Gasteiger partial charge >= 0.3 is 0 Å². The number of Topliss-reactive ketones (excluding diaryl/α,β-unsaturated/α-hetero) is 1. The quantitative estimate of drug-likeness (QED) is 0.630. The molecule has 1 heterocycles. The fourth-order valence-electron chi connectivity index (χ4n) is 3.90. The van der Waals surface area contributed by atoms with Crippen molar-refractivity contribution in [2.24, 2.45) is 16.7 Å². The maximum atomic E-state index is 12.1. The molecule has 2 aliphatic carbocycles. The van der Waals surface area contributed by atoms with E-state index in [1.54, 1.807) is 0 Å². The largest absolute Gasteiger partial charge is 0.385 e. The van der Waals surface area contributed by atoms with Crippen LogP contribution in [0.25, 0.3) is 0 Å². The first-order chi connectivity index (χ1) is 6.52. The molecule has 1 saturated heterocycles. The zero-order chi connectivity index (χ0) is 10.1. The lowest BCUT2D eigenvalue weighted by atomic mass is 9.67. The molecule has 3 heteroatoms. The van der Waals surface area contributed by atoms with Crippen molar-refractivity contribution in [2.75, 3.05) is 6.61 Å². The zero-order valence-corrected chi connectivity index (χ0v) is 8.62. The van der Waals surface area contributed by atoms with Crippen molar-refractivity contribution >= 4 is 5.78 Å². The van der Waals surface area contributed by atoms with E-state index in [-0.39, 0.29) is 28.6 Å². The van der Waals surface area contributed by atoms with Crippen LogP contribution in [-0.4, -0.2) is 29.7 Å². The first-order valence-corrected chi connectivity index (χ1v) is 5.36. The number of fused-ring (bicyclic) bond motifs is 2. The van der Waals surface area contributed by atoms with Crippen LogP contribution in [0.5, 0.6) is 0 Å². The predicted molar refractivity (Wildman–Crippen MR) is 49.7 cm³/mol. The molecule has 3 rings (SSSR count). The van der Waals surface area contributed by atoms with E-state index < -0.39 is 6.10 Å². The van der Waals surface area contributed by atoms with Crippen molar-refractivity contribution in [3.8, 4) is 0 Å². The SMILES string of the molecule is CC1(C)[C@H]2CC[C@@]1([C@H]1CO1)C(=O)[C@H]2O. The van der Waals surface area contributed by atoms with Gasteiger partial charge in [-0.25, -0.2) is 0 Å². The van der Waals surface area contributed by atoms with Crippen LogP contribution in [0.15, 0.2) is 0 Å². The molecule has 4 atom stereocenters. The average Bonchev–Trinajstić information content (AvgIpc) is 2.87. The summed E-state index contributed by atoms with van der Waals surface area (Å²) in [6, 6.07) is 0. The Hall–Kier alpha value is -0.410. The summed E-state index contributed by atoms with van der Waals surface area (Å²) in [5.41, 5.74) is -0.443. The lowest BCUT2D eigenvalue weighted by Crippen LogP contribution is -2.42. The molecular formula is C11H16O3. The van der Waals surface area contributed by atoms with E-state index >= 15 is 0 Å². The molecule has 0 radical (unpaired) electrons. The van der Waals surface area contributed by atoms with Crippen LogP contribution >= 0.6 is 0 Å². The summed E-state index contributed by atoms with van der Waals surface area (Å²) in [5, 5.41) is 9.86. The highest BCUT2D eigenvalue weighted by molar-refractivity contribution is 5.94. The first kappa shape index (κ1) is 8.86. The van der Waals surface area contributed by atoms with E-state index in [0.29, 0.717) is 6.61 Å². The van der Waals surface area contributed by atoms with Gasteiger partial charge in [-0.1, -0.05) is 13.8 Å². The highest BCUT2D eigenvalue weighted by atomic mass is 16.6. The number of ketones is 1. The van der Waals surface area contributed by atoms with Crippen LogP contribution < -0.4 is 0 Å². The minimum Gasteiger partial charge on any atom is -0.385 e. The van der Waals surface area contributed by atoms with Crippen LogP contribution in [0.1, 0.15) is 26.7 Å². The number of aliphatic hydroxyl groups excluding tert-OH is 1. The lowest BCUT2D eigenvalue weighted by Gasteiger charge is -2.34. The van der Waals surface area contributed by atoms with Gasteiger partial charge in [0, 0.05) is 0 Å². The van der Waals surface area contributed by atoms with Crippen molar-refractivity contribution in [3.63, 3.8) is 0 Å². The van der Waals surface area contributed by atoms with Gasteiger partial charge in [-0.3, -0.25) is 4.79 Å². The Labute approximate surface area is 83.4 Å². The van der Waals surface area contributed by atoms with Crippen LogP contribution in [0.4, 0.5) is 0 Å². The number of hydrogen-bond donors (Lipinski definition) is 1. The second-order valence-corrected chi connectivity index (χ2v) is 5.47.